The maximum Gasteiger partial charge on any atom is 0.269 e. The number of carbonyl (C=O) groups excluding carboxylic acids is 2. The van der Waals surface area contributed by atoms with Crippen molar-refractivity contribution < 1.29 is 27.5 Å². The Labute approximate surface area is 178 Å². The predicted octanol–water partition coefficient (Wildman–Crippen LogP) is 2.58. The number of para-hydroxylation sites is 2. The highest BCUT2D eigenvalue weighted by Crippen LogP contribution is 2.31. The average Bonchev–Trinajstić information content (AvgIpc) is 2.79. The first-order chi connectivity index (χ1) is 14.9. The van der Waals surface area contributed by atoms with Crippen molar-refractivity contribution in [2.24, 2.45) is 0 Å². The molecule has 4 rings (SSSR count). The minimum atomic E-state index is -4.06. The maximum atomic E-state index is 12.5. The van der Waals surface area contributed by atoms with Gasteiger partial charge in [0, 0.05) is 11.3 Å². The van der Waals surface area contributed by atoms with Crippen LogP contribution in [-0.4, -0.2) is 32.9 Å². The van der Waals surface area contributed by atoms with Crippen LogP contribution in [0.5, 0.6) is 11.5 Å². The zero-order valence-electron chi connectivity index (χ0n) is 16.1. The first-order valence-electron chi connectivity index (χ1n) is 9.34. The van der Waals surface area contributed by atoms with Gasteiger partial charge in [-0.1, -0.05) is 30.3 Å². The number of hydrogen-bond acceptors (Lipinski definition) is 6. The van der Waals surface area contributed by atoms with Crippen molar-refractivity contribution in [3.63, 3.8) is 0 Å². The number of rotatable bonds is 5. The van der Waals surface area contributed by atoms with E-state index in [2.05, 4.69) is 5.32 Å². The van der Waals surface area contributed by atoms with Crippen molar-refractivity contribution in [1.29, 1.82) is 0 Å². The van der Waals surface area contributed by atoms with Crippen molar-refractivity contribution in [2.45, 2.75) is 11.0 Å². The van der Waals surface area contributed by atoms with Crippen LogP contribution >= 0.6 is 0 Å². The fourth-order valence-corrected chi connectivity index (χ4v) is 3.89. The Morgan fingerprint density at radius 2 is 1.48 bits per heavy atom. The van der Waals surface area contributed by atoms with Crippen LogP contribution in [0.3, 0.4) is 0 Å². The lowest BCUT2D eigenvalue weighted by Gasteiger charge is -2.25. The van der Waals surface area contributed by atoms with Gasteiger partial charge in [0.05, 0.1) is 4.90 Å². The Balaban J connectivity index is 1.40. The van der Waals surface area contributed by atoms with E-state index < -0.39 is 27.9 Å². The van der Waals surface area contributed by atoms with Crippen molar-refractivity contribution in [3.8, 4) is 11.5 Å². The van der Waals surface area contributed by atoms with E-state index in [4.69, 9.17) is 9.47 Å². The molecule has 2 N–H and O–H groups in total. The van der Waals surface area contributed by atoms with Gasteiger partial charge in [-0.15, -0.1) is 0 Å². The molecule has 1 aliphatic heterocycles. The fraction of sp³-hybridized carbons (Fsp3) is 0.0909. The third-order valence-corrected chi connectivity index (χ3v) is 5.84. The first-order valence-corrected chi connectivity index (χ1v) is 10.8. The summed E-state index contributed by atoms with van der Waals surface area (Å²) < 4.78 is 38.1. The van der Waals surface area contributed by atoms with Gasteiger partial charge in [0.25, 0.3) is 21.8 Å². The molecule has 0 spiro atoms. The van der Waals surface area contributed by atoms with Crippen LogP contribution in [0, 0.1) is 0 Å². The van der Waals surface area contributed by atoms with Crippen LogP contribution in [0.15, 0.2) is 83.8 Å². The molecule has 9 heteroatoms. The summed E-state index contributed by atoms with van der Waals surface area (Å²) >= 11 is 0. The first kappa shape index (κ1) is 20.4. The van der Waals surface area contributed by atoms with E-state index in [0.717, 1.165) is 0 Å². The van der Waals surface area contributed by atoms with Gasteiger partial charge in [0.15, 0.2) is 11.5 Å². The van der Waals surface area contributed by atoms with E-state index in [1.165, 1.54) is 36.4 Å². The van der Waals surface area contributed by atoms with Crippen LogP contribution in [0.4, 0.5) is 5.69 Å². The van der Waals surface area contributed by atoms with E-state index in [1.54, 1.807) is 42.5 Å². The number of anilines is 1. The lowest BCUT2D eigenvalue weighted by Crippen LogP contribution is -2.40. The second-order valence-corrected chi connectivity index (χ2v) is 8.36. The Bertz CT molecular complexity index is 1210. The van der Waals surface area contributed by atoms with Crippen molar-refractivity contribution in [3.05, 3.63) is 84.4 Å². The molecule has 1 aliphatic rings. The van der Waals surface area contributed by atoms with Gasteiger partial charge in [-0.3, -0.25) is 9.59 Å². The highest BCUT2D eigenvalue weighted by molar-refractivity contribution is 7.90. The molecule has 1 unspecified atom stereocenters. The van der Waals surface area contributed by atoms with Crippen LogP contribution < -0.4 is 19.5 Å². The number of hydrogen-bond donors (Lipinski definition) is 2. The number of benzene rings is 3. The maximum absolute atomic E-state index is 12.5. The molecule has 2 amide bonds. The number of amides is 2. The van der Waals surface area contributed by atoms with Gasteiger partial charge in [-0.25, -0.2) is 13.1 Å². The minimum Gasteiger partial charge on any atom is -0.485 e. The summed E-state index contributed by atoms with van der Waals surface area (Å²) in [7, 11) is -4.06. The highest BCUT2D eigenvalue weighted by atomic mass is 32.2. The van der Waals surface area contributed by atoms with Crippen LogP contribution in [0.2, 0.25) is 0 Å². The molecule has 0 fully saturated rings. The van der Waals surface area contributed by atoms with Crippen molar-refractivity contribution in [1.82, 2.24) is 4.72 Å². The monoisotopic (exact) mass is 438 g/mol. The molecule has 3 aromatic carbocycles. The molecule has 3 aromatic rings. The highest BCUT2D eigenvalue weighted by Gasteiger charge is 2.27. The van der Waals surface area contributed by atoms with Gasteiger partial charge >= 0.3 is 0 Å². The average molecular weight is 438 g/mol. The number of carbonyl (C=O) groups is 2. The Morgan fingerprint density at radius 3 is 2.19 bits per heavy atom. The summed E-state index contributed by atoms with van der Waals surface area (Å²) in [4.78, 5) is 24.5. The SMILES string of the molecule is O=C(NS(=O)(=O)c1ccc(NC(=O)C2COc3ccccc3O2)cc1)c1ccccc1. The molecule has 0 aliphatic carbocycles. The Hall–Kier alpha value is -3.85. The van der Waals surface area contributed by atoms with E-state index in [0.29, 0.717) is 17.2 Å². The lowest BCUT2D eigenvalue weighted by atomic mass is 10.2. The van der Waals surface area contributed by atoms with E-state index in [-0.39, 0.29) is 17.1 Å². The number of nitrogens with one attached hydrogen (secondary N) is 2. The molecule has 1 atom stereocenters. The molecule has 31 heavy (non-hydrogen) atoms. The summed E-state index contributed by atoms with van der Waals surface area (Å²) in [5.41, 5.74) is 0.604. The smallest absolute Gasteiger partial charge is 0.269 e. The molecule has 1 heterocycles. The molecule has 0 saturated heterocycles. The normalized spacial score (nSPS) is 15.0. The topological polar surface area (TPSA) is 111 Å². The molecule has 0 bridgehead atoms. The van der Waals surface area contributed by atoms with Gasteiger partial charge in [-0.05, 0) is 48.5 Å². The van der Waals surface area contributed by atoms with Gasteiger partial charge in [0.1, 0.15) is 6.61 Å². The summed E-state index contributed by atoms with van der Waals surface area (Å²) in [6, 6.07) is 20.5. The minimum absolute atomic E-state index is 0.0564. The third kappa shape index (κ3) is 4.67. The zero-order valence-corrected chi connectivity index (χ0v) is 17.0. The van der Waals surface area contributed by atoms with E-state index >= 15 is 0 Å². The number of fused-ring (bicyclic) bond motifs is 1. The van der Waals surface area contributed by atoms with Gasteiger partial charge < -0.3 is 14.8 Å². The van der Waals surface area contributed by atoms with Gasteiger partial charge in [0.2, 0.25) is 6.10 Å². The second kappa shape index (κ2) is 8.49. The van der Waals surface area contributed by atoms with E-state index in [1.807, 2.05) is 4.72 Å². The molecule has 0 radical (unpaired) electrons. The van der Waals surface area contributed by atoms with E-state index in [9.17, 15) is 18.0 Å². The molecule has 8 nitrogen and oxygen atoms in total. The predicted molar refractivity (Wildman–Crippen MR) is 113 cm³/mol. The van der Waals surface area contributed by atoms with Crippen molar-refractivity contribution in [2.75, 3.05) is 11.9 Å². The Morgan fingerprint density at radius 1 is 0.839 bits per heavy atom. The number of ether oxygens (including phenoxy) is 2. The summed E-state index contributed by atoms with van der Waals surface area (Å²) in [5.74, 6) is -0.113. The summed E-state index contributed by atoms with van der Waals surface area (Å²) in [6.45, 7) is 0.0564. The summed E-state index contributed by atoms with van der Waals surface area (Å²) in [5, 5.41) is 2.66. The van der Waals surface area contributed by atoms with Crippen LogP contribution in [-0.2, 0) is 14.8 Å². The quantitative estimate of drug-likeness (QED) is 0.634. The largest absolute Gasteiger partial charge is 0.485 e. The standard InChI is InChI=1S/C22H18N2O6S/c25-21(15-6-2-1-3-7-15)24-31(27,28)17-12-10-16(11-13-17)23-22(26)20-14-29-18-8-4-5-9-19(18)30-20/h1-13,20H,14H2,(H,23,26)(H,24,25). The third-order valence-electron chi connectivity index (χ3n) is 4.50. The zero-order chi connectivity index (χ0) is 21.8. The Kier molecular flexibility index (Phi) is 5.59. The van der Waals surface area contributed by atoms with Crippen LogP contribution in [0.25, 0.3) is 0 Å². The molecular weight excluding hydrogens is 420 g/mol. The van der Waals surface area contributed by atoms with Crippen molar-refractivity contribution >= 4 is 27.5 Å². The lowest BCUT2D eigenvalue weighted by molar-refractivity contribution is -0.125. The number of sulfonamides is 1. The summed E-state index contributed by atoms with van der Waals surface area (Å²) in [6.07, 6.45) is -0.844. The molecule has 0 saturated carbocycles. The second-order valence-electron chi connectivity index (χ2n) is 6.68. The molecule has 0 aromatic heterocycles. The van der Waals surface area contributed by atoms with Crippen LogP contribution in [0.1, 0.15) is 10.4 Å². The molecule has 158 valence electrons. The fourth-order valence-electron chi connectivity index (χ4n) is 2.92. The molecular formula is C22H18N2O6S. The van der Waals surface area contributed by atoms with Gasteiger partial charge in [-0.2, -0.15) is 0 Å².